The highest BCUT2D eigenvalue weighted by atomic mass is 19.4. The molecule has 100 valence electrons. The SMILES string of the molecule is COC(=O)c1ccc(CNCC(F)(F)F)cc1F. The Morgan fingerprint density at radius 1 is 1.39 bits per heavy atom. The lowest BCUT2D eigenvalue weighted by Gasteiger charge is -2.09. The third-order valence-electron chi connectivity index (χ3n) is 2.09. The molecule has 3 nitrogen and oxygen atoms in total. The van der Waals surface area contributed by atoms with Crippen LogP contribution in [0.2, 0.25) is 0 Å². The molecule has 0 fully saturated rings. The average molecular weight is 265 g/mol. The summed E-state index contributed by atoms with van der Waals surface area (Å²) in [7, 11) is 1.11. The van der Waals surface area contributed by atoms with Crippen LogP contribution >= 0.6 is 0 Å². The summed E-state index contributed by atoms with van der Waals surface area (Å²) in [5.74, 6) is -1.66. The molecule has 7 heteroatoms. The monoisotopic (exact) mass is 265 g/mol. The van der Waals surface area contributed by atoms with E-state index in [0.717, 1.165) is 13.2 Å². The van der Waals surface area contributed by atoms with E-state index < -0.39 is 24.5 Å². The summed E-state index contributed by atoms with van der Waals surface area (Å²) in [5, 5.41) is 2.12. The van der Waals surface area contributed by atoms with Crippen molar-refractivity contribution in [2.75, 3.05) is 13.7 Å². The standard InChI is InChI=1S/C11H11F4NO2/c1-18-10(17)8-3-2-7(4-9(8)12)5-16-6-11(13,14)15/h2-4,16H,5-6H2,1H3. The van der Waals surface area contributed by atoms with Crippen LogP contribution in [0.1, 0.15) is 15.9 Å². The molecule has 18 heavy (non-hydrogen) atoms. The Labute approximate surface area is 101 Å². The van der Waals surface area contributed by atoms with Crippen molar-refractivity contribution in [3.63, 3.8) is 0 Å². The highest BCUT2D eigenvalue weighted by Gasteiger charge is 2.26. The molecular formula is C11H11F4NO2. The Morgan fingerprint density at radius 2 is 2.06 bits per heavy atom. The van der Waals surface area contributed by atoms with Crippen LogP contribution in [0.25, 0.3) is 0 Å². The summed E-state index contributed by atoms with van der Waals surface area (Å²) in [5.41, 5.74) is 0.0569. The molecule has 0 saturated heterocycles. The first-order valence-electron chi connectivity index (χ1n) is 4.97. The van der Waals surface area contributed by atoms with E-state index in [2.05, 4.69) is 10.1 Å². The van der Waals surface area contributed by atoms with Gasteiger partial charge in [-0.25, -0.2) is 9.18 Å². The van der Waals surface area contributed by atoms with Crippen LogP contribution in [0.5, 0.6) is 0 Å². The molecule has 1 aromatic carbocycles. The van der Waals surface area contributed by atoms with E-state index in [1.54, 1.807) is 0 Å². The molecule has 0 aliphatic heterocycles. The first kappa shape index (κ1) is 14.4. The Balaban J connectivity index is 2.65. The second kappa shape index (κ2) is 5.81. The van der Waals surface area contributed by atoms with Gasteiger partial charge in [0.25, 0.3) is 0 Å². The lowest BCUT2D eigenvalue weighted by Crippen LogP contribution is -2.28. The molecule has 0 atom stereocenters. The number of esters is 1. The molecule has 0 saturated carbocycles. The Morgan fingerprint density at radius 3 is 2.56 bits per heavy atom. The number of benzene rings is 1. The summed E-state index contributed by atoms with van der Waals surface area (Å²) in [6, 6.07) is 3.53. The van der Waals surface area contributed by atoms with Gasteiger partial charge in [-0.1, -0.05) is 6.07 Å². The molecule has 0 aliphatic rings. The Kier molecular flexibility index (Phi) is 4.66. The van der Waals surface area contributed by atoms with Gasteiger partial charge >= 0.3 is 12.1 Å². The number of ether oxygens (including phenoxy) is 1. The van der Waals surface area contributed by atoms with Gasteiger partial charge < -0.3 is 10.1 Å². The Hall–Kier alpha value is -1.63. The number of hydrogen-bond donors (Lipinski definition) is 1. The van der Waals surface area contributed by atoms with E-state index in [9.17, 15) is 22.4 Å². The van der Waals surface area contributed by atoms with Crippen LogP contribution in [0.4, 0.5) is 17.6 Å². The van der Waals surface area contributed by atoms with Gasteiger partial charge in [0.1, 0.15) is 5.82 Å². The van der Waals surface area contributed by atoms with Crippen LogP contribution < -0.4 is 5.32 Å². The first-order valence-corrected chi connectivity index (χ1v) is 4.97. The van der Waals surface area contributed by atoms with Crippen LogP contribution in [-0.4, -0.2) is 25.8 Å². The molecule has 1 aromatic rings. The molecule has 0 radical (unpaired) electrons. The maximum Gasteiger partial charge on any atom is 0.401 e. The van der Waals surface area contributed by atoms with Crippen molar-refractivity contribution >= 4 is 5.97 Å². The van der Waals surface area contributed by atoms with Crippen LogP contribution in [-0.2, 0) is 11.3 Å². The zero-order valence-corrected chi connectivity index (χ0v) is 9.47. The maximum absolute atomic E-state index is 13.4. The zero-order chi connectivity index (χ0) is 13.8. The fourth-order valence-electron chi connectivity index (χ4n) is 1.29. The van der Waals surface area contributed by atoms with Gasteiger partial charge in [0.05, 0.1) is 19.2 Å². The fourth-order valence-corrected chi connectivity index (χ4v) is 1.29. The van der Waals surface area contributed by atoms with Crippen LogP contribution in [0, 0.1) is 5.82 Å². The molecule has 0 spiro atoms. The number of carbonyl (C=O) groups is 1. The molecule has 1 rings (SSSR count). The highest BCUT2D eigenvalue weighted by molar-refractivity contribution is 5.89. The minimum atomic E-state index is -4.31. The number of methoxy groups -OCH3 is 1. The van der Waals surface area contributed by atoms with Crippen molar-refractivity contribution < 1.29 is 27.1 Å². The second-order valence-electron chi connectivity index (χ2n) is 3.52. The third kappa shape index (κ3) is 4.33. The summed E-state index contributed by atoms with van der Waals surface area (Å²) >= 11 is 0. The lowest BCUT2D eigenvalue weighted by atomic mass is 10.1. The van der Waals surface area contributed by atoms with Crippen molar-refractivity contribution in [2.24, 2.45) is 0 Å². The normalized spacial score (nSPS) is 11.4. The molecule has 0 bridgehead atoms. The summed E-state index contributed by atoms with van der Waals surface area (Å²) < 4.78 is 53.3. The zero-order valence-electron chi connectivity index (χ0n) is 9.47. The van der Waals surface area contributed by atoms with Gasteiger partial charge in [-0.3, -0.25) is 0 Å². The molecule has 0 aliphatic carbocycles. The predicted molar refractivity (Wildman–Crippen MR) is 55.5 cm³/mol. The van der Waals surface area contributed by atoms with Crippen molar-refractivity contribution in [2.45, 2.75) is 12.7 Å². The number of hydrogen-bond acceptors (Lipinski definition) is 3. The lowest BCUT2D eigenvalue weighted by molar-refractivity contribution is -0.125. The average Bonchev–Trinajstić information content (AvgIpc) is 2.26. The predicted octanol–water partition coefficient (Wildman–Crippen LogP) is 2.26. The molecular weight excluding hydrogens is 254 g/mol. The largest absolute Gasteiger partial charge is 0.465 e. The molecule has 0 heterocycles. The molecule has 0 amide bonds. The van der Waals surface area contributed by atoms with Crippen molar-refractivity contribution in [1.29, 1.82) is 0 Å². The Bertz CT molecular complexity index is 432. The van der Waals surface area contributed by atoms with Gasteiger partial charge in [-0.15, -0.1) is 0 Å². The number of nitrogens with one attached hydrogen (secondary N) is 1. The van der Waals surface area contributed by atoms with Gasteiger partial charge in [0.2, 0.25) is 0 Å². The van der Waals surface area contributed by atoms with E-state index in [1.165, 1.54) is 12.1 Å². The van der Waals surface area contributed by atoms with Gasteiger partial charge in [0, 0.05) is 6.54 Å². The number of carbonyl (C=O) groups excluding carboxylic acids is 1. The second-order valence-corrected chi connectivity index (χ2v) is 3.52. The van der Waals surface area contributed by atoms with Gasteiger partial charge in [0.15, 0.2) is 0 Å². The number of rotatable bonds is 4. The fraction of sp³-hybridized carbons (Fsp3) is 0.364. The van der Waals surface area contributed by atoms with Crippen LogP contribution in [0.15, 0.2) is 18.2 Å². The molecule has 0 aromatic heterocycles. The maximum atomic E-state index is 13.4. The highest BCUT2D eigenvalue weighted by Crippen LogP contribution is 2.14. The topological polar surface area (TPSA) is 38.3 Å². The van der Waals surface area contributed by atoms with Crippen molar-refractivity contribution in [1.82, 2.24) is 5.32 Å². The number of alkyl halides is 3. The minimum absolute atomic E-state index is 0.141. The molecule has 0 unspecified atom stereocenters. The van der Waals surface area contributed by atoms with E-state index in [4.69, 9.17) is 0 Å². The van der Waals surface area contributed by atoms with Gasteiger partial charge in [-0.05, 0) is 17.7 Å². The van der Waals surface area contributed by atoms with Crippen molar-refractivity contribution in [3.05, 3.63) is 35.1 Å². The summed E-state index contributed by atoms with van der Waals surface area (Å²) in [6.07, 6.45) is -4.31. The van der Waals surface area contributed by atoms with E-state index in [0.29, 0.717) is 5.56 Å². The van der Waals surface area contributed by atoms with Crippen molar-refractivity contribution in [3.8, 4) is 0 Å². The van der Waals surface area contributed by atoms with E-state index in [-0.39, 0.29) is 12.1 Å². The quantitative estimate of drug-likeness (QED) is 0.670. The smallest absolute Gasteiger partial charge is 0.401 e. The van der Waals surface area contributed by atoms with E-state index >= 15 is 0 Å². The summed E-state index contributed by atoms with van der Waals surface area (Å²) in [6.45, 7) is -1.30. The van der Waals surface area contributed by atoms with Gasteiger partial charge in [-0.2, -0.15) is 13.2 Å². The summed E-state index contributed by atoms with van der Waals surface area (Å²) in [4.78, 5) is 11.1. The number of halogens is 4. The van der Waals surface area contributed by atoms with E-state index in [1.807, 2.05) is 0 Å². The van der Waals surface area contributed by atoms with Crippen LogP contribution in [0.3, 0.4) is 0 Å². The third-order valence-corrected chi connectivity index (χ3v) is 2.09. The minimum Gasteiger partial charge on any atom is -0.465 e. The molecule has 1 N–H and O–H groups in total. The first-order chi connectivity index (χ1) is 8.33.